The van der Waals surface area contributed by atoms with E-state index in [1.54, 1.807) is 6.07 Å². The summed E-state index contributed by atoms with van der Waals surface area (Å²) in [5.74, 6) is 0.368. The summed E-state index contributed by atoms with van der Waals surface area (Å²) in [4.78, 5) is 0. The van der Waals surface area contributed by atoms with Gasteiger partial charge >= 0.3 is 0 Å². The van der Waals surface area contributed by atoms with Gasteiger partial charge in [0.15, 0.2) is 0 Å². The number of nitrogens with zero attached hydrogens (tertiary/aromatic N) is 2. The van der Waals surface area contributed by atoms with Gasteiger partial charge in [-0.3, -0.25) is 0 Å². The zero-order chi connectivity index (χ0) is 7.98. The molecular formula is C7H8N2O. The Bertz CT molecular complexity index is 199. The van der Waals surface area contributed by atoms with E-state index in [4.69, 9.17) is 15.9 Å². The van der Waals surface area contributed by atoms with Crippen LogP contribution in [0.25, 0.3) is 0 Å². The van der Waals surface area contributed by atoms with E-state index < -0.39 is 0 Å². The standard InChI is InChI=1S/C7H8O.N2/c1-6-4-2-3-5-7(6)8;1-2/h2-5,8H,1H3;. The summed E-state index contributed by atoms with van der Waals surface area (Å²) < 4.78 is 0. The molecule has 0 bridgehead atoms. The summed E-state index contributed by atoms with van der Waals surface area (Å²) in [5.41, 5.74) is 0.924. The van der Waals surface area contributed by atoms with Crippen LogP contribution in [-0.4, -0.2) is 5.11 Å². The van der Waals surface area contributed by atoms with Gasteiger partial charge < -0.3 is 5.11 Å². The lowest BCUT2D eigenvalue weighted by molar-refractivity contribution is 0.471. The van der Waals surface area contributed by atoms with Gasteiger partial charge in [0, 0.05) is 10.8 Å². The van der Waals surface area contributed by atoms with Crippen LogP contribution in [0, 0.1) is 17.7 Å². The Kier molecular flexibility index (Phi) is 3.66. The second-order valence-corrected chi connectivity index (χ2v) is 1.79. The fourth-order valence-electron chi connectivity index (χ4n) is 0.563. The summed E-state index contributed by atoms with van der Waals surface area (Å²) in [6.45, 7) is 1.87. The highest BCUT2D eigenvalue weighted by Crippen LogP contribution is 2.12. The van der Waals surface area contributed by atoms with Crippen LogP contribution in [0.15, 0.2) is 24.3 Å². The van der Waals surface area contributed by atoms with Crippen molar-refractivity contribution in [2.24, 2.45) is 0 Å². The predicted molar refractivity (Wildman–Crippen MR) is 36.3 cm³/mol. The van der Waals surface area contributed by atoms with Gasteiger partial charge in [-0.25, -0.2) is 0 Å². The molecule has 52 valence electrons. The number of benzene rings is 1. The number of hydrogen-bond donors (Lipinski definition) is 1. The third-order valence-electron chi connectivity index (χ3n) is 1.12. The van der Waals surface area contributed by atoms with E-state index in [0.29, 0.717) is 5.75 Å². The molecule has 0 fully saturated rings. The molecule has 10 heavy (non-hydrogen) atoms. The molecule has 1 aromatic rings. The molecule has 1 aromatic carbocycles. The average Bonchev–Trinajstić information content (AvgIpc) is 2.00. The van der Waals surface area contributed by atoms with Crippen molar-refractivity contribution < 1.29 is 5.11 Å². The maximum Gasteiger partial charge on any atom is 0.118 e. The number of hydrogen-bond acceptors (Lipinski definition) is 3. The summed E-state index contributed by atoms with van der Waals surface area (Å²) in [7, 11) is 0. The molecule has 0 aliphatic carbocycles. The van der Waals surface area contributed by atoms with Gasteiger partial charge in [-0.05, 0) is 18.6 Å². The number of para-hydroxylation sites is 1. The normalized spacial score (nSPS) is 7.50. The molecule has 3 heteroatoms. The molecule has 3 nitrogen and oxygen atoms in total. The van der Waals surface area contributed by atoms with Gasteiger partial charge in [-0.1, -0.05) is 18.2 Å². The van der Waals surface area contributed by atoms with Crippen LogP contribution in [-0.2, 0) is 0 Å². The lowest BCUT2D eigenvalue weighted by atomic mass is 10.2. The zero-order valence-corrected chi connectivity index (χ0v) is 5.65. The maximum atomic E-state index is 8.92. The Balaban J connectivity index is 0.000000371. The van der Waals surface area contributed by atoms with Crippen LogP contribution in [0.4, 0.5) is 0 Å². The molecule has 0 atom stereocenters. The zero-order valence-electron chi connectivity index (χ0n) is 5.65. The first kappa shape index (κ1) is 8.44. The molecule has 1 rings (SSSR count). The van der Waals surface area contributed by atoms with Crippen molar-refractivity contribution in [3.63, 3.8) is 0 Å². The van der Waals surface area contributed by atoms with Crippen molar-refractivity contribution in [2.75, 3.05) is 0 Å². The fourth-order valence-corrected chi connectivity index (χ4v) is 0.563. The summed E-state index contributed by atoms with van der Waals surface area (Å²) in [5, 5.41) is 20.9. The molecule has 0 saturated carbocycles. The van der Waals surface area contributed by atoms with Gasteiger partial charge in [0.1, 0.15) is 5.75 Å². The van der Waals surface area contributed by atoms with Crippen LogP contribution >= 0.6 is 0 Å². The smallest absolute Gasteiger partial charge is 0.118 e. The third kappa shape index (κ3) is 2.14. The second kappa shape index (κ2) is 4.33. The monoisotopic (exact) mass is 136 g/mol. The van der Waals surface area contributed by atoms with Gasteiger partial charge in [-0.15, -0.1) is 0 Å². The molecular weight excluding hydrogens is 128 g/mol. The molecule has 0 aliphatic heterocycles. The number of phenols is 1. The molecule has 0 aliphatic rings. The van der Waals surface area contributed by atoms with E-state index >= 15 is 0 Å². The van der Waals surface area contributed by atoms with Crippen molar-refractivity contribution in [1.29, 1.82) is 10.8 Å². The van der Waals surface area contributed by atoms with E-state index in [-0.39, 0.29) is 0 Å². The lowest BCUT2D eigenvalue weighted by Crippen LogP contribution is -1.68. The molecule has 0 unspecified atom stereocenters. The Labute approximate surface area is 59.3 Å². The van der Waals surface area contributed by atoms with E-state index in [0.717, 1.165) is 5.56 Å². The molecule has 0 heterocycles. The highest BCUT2D eigenvalue weighted by molar-refractivity contribution is 5.29. The van der Waals surface area contributed by atoms with Gasteiger partial charge in [0.25, 0.3) is 0 Å². The summed E-state index contributed by atoms with van der Waals surface area (Å²) in [6, 6.07) is 7.25. The van der Waals surface area contributed by atoms with E-state index in [1.165, 1.54) is 0 Å². The minimum Gasteiger partial charge on any atom is -0.508 e. The number of rotatable bonds is 0. The Morgan fingerprint density at radius 3 is 2.00 bits per heavy atom. The van der Waals surface area contributed by atoms with Gasteiger partial charge in [0.05, 0.1) is 0 Å². The SMILES string of the molecule is Cc1ccccc1O.N#N. The topological polar surface area (TPSA) is 67.8 Å². The van der Waals surface area contributed by atoms with Crippen LogP contribution in [0.3, 0.4) is 0 Å². The van der Waals surface area contributed by atoms with Crippen molar-refractivity contribution in [2.45, 2.75) is 6.92 Å². The van der Waals surface area contributed by atoms with E-state index in [9.17, 15) is 0 Å². The van der Waals surface area contributed by atoms with Crippen molar-refractivity contribution in [3.8, 4) is 5.75 Å². The molecule has 0 amide bonds. The minimum absolute atomic E-state index is 0.368. The van der Waals surface area contributed by atoms with Crippen LogP contribution in [0.2, 0.25) is 0 Å². The molecule has 1 N–H and O–H groups in total. The second-order valence-electron chi connectivity index (χ2n) is 1.79. The summed E-state index contributed by atoms with van der Waals surface area (Å²) in [6.07, 6.45) is 0. The number of aromatic hydroxyl groups is 1. The van der Waals surface area contributed by atoms with Crippen LogP contribution in [0.1, 0.15) is 5.56 Å². The molecule has 0 spiro atoms. The first-order valence-corrected chi connectivity index (χ1v) is 2.75. The Morgan fingerprint density at radius 2 is 1.70 bits per heavy atom. The van der Waals surface area contributed by atoms with Gasteiger partial charge in [-0.2, -0.15) is 0 Å². The average molecular weight is 136 g/mol. The van der Waals surface area contributed by atoms with Gasteiger partial charge in [0.2, 0.25) is 0 Å². The maximum absolute atomic E-state index is 8.92. The van der Waals surface area contributed by atoms with Crippen molar-refractivity contribution >= 4 is 0 Å². The summed E-state index contributed by atoms with van der Waals surface area (Å²) >= 11 is 0. The fraction of sp³-hybridized carbons (Fsp3) is 0.143. The first-order chi connectivity index (χ1) is 4.80. The molecule has 0 radical (unpaired) electrons. The van der Waals surface area contributed by atoms with Crippen molar-refractivity contribution in [1.82, 2.24) is 0 Å². The number of aryl methyl sites for hydroxylation is 1. The quantitative estimate of drug-likeness (QED) is 0.552. The molecule has 0 saturated heterocycles. The third-order valence-corrected chi connectivity index (χ3v) is 1.12. The highest BCUT2D eigenvalue weighted by Gasteiger charge is 1.86. The van der Waals surface area contributed by atoms with Crippen LogP contribution < -0.4 is 0 Å². The number of phenolic OH excluding ortho intramolecular Hbond substituents is 1. The van der Waals surface area contributed by atoms with E-state index in [1.807, 2.05) is 25.1 Å². The predicted octanol–water partition coefficient (Wildman–Crippen LogP) is 1.73. The Hall–Kier alpha value is -1.56. The van der Waals surface area contributed by atoms with Crippen molar-refractivity contribution in [3.05, 3.63) is 29.8 Å². The van der Waals surface area contributed by atoms with E-state index in [2.05, 4.69) is 0 Å². The Morgan fingerprint density at radius 1 is 1.20 bits per heavy atom. The highest BCUT2D eigenvalue weighted by atomic mass is 16.3. The lowest BCUT2D eigenvalue weighted by Gasteiger charge is -1.92. The minimum atomic E-state index is 0.368. The molecule has 0 aromatic heterocycles. The first-order valence-electron chi connectivity index (χ1n) is 2.75. The largest absolute Gasteiger partial charge is 0.508 e. The van der Waals surface area contributed by atoms with Crippen LogP contribution in [0.5, 0.6) is 5.75 Å².